The minimum atomic E-state index is -0.221. The Morgan fingerprint density at radius 1 is 1.07 bits per heavy atom. The normalized spacial score (nSPS) is 11.3. The van der Waals surface area contributed by atoms with Gasteiger partial charge in [-0.2, -0.15) is 5.10 Å². The molecule has 0 radical (unpaired) electrons. The molecule has 0 saturated carbocycles. The maximum absolute atomic E-state index is 12.7. The van der Waals surface area contributed by atoms with Crippen molar-refractivity contribution in [1.82, 2.24) is 5.43 Å². The fourth-order valence-corrected chi connectivity index (χ4v) is 2.87. The van der Waals surface area contributed by atoms with Crippen molar-refractivity contribution in [2.45, 2.75) is 20.8 Å². The van der Waals surface area contributed by atoms with Crippen molar-refractivity contribution in [2.24, 2.45) is 11.0 Å². The minimum Gasteiger partial charge on any atom is -0.493 e. The van der Waals surface area contributed by atoms with Crippen LogP contribution in [0.5, 0.6) is 5.75 Å². The molecule has 0 unspecified atom stereocenters. The van der Waals surface area contributed by atoms with Crippen molar-refractivity contribution in [3.63, 3.8) is 0 Å². The standard InChI is InChI=1S/C23H24N2O2/c1-16(2)15-27-21-11-7-5-9-19(21)14-24-25-23(26)22-17(3)12-13-18-8-4-6-10-20(18)22/h4-14,16H,15H2,1-3H3,(H,25,26)/b24-14-. The van der Waals surface area contributed by atoms with E-state index in [-0.39, 0.29) is 5.91 Å². The molecule has 0 aliphatic rings. The van der Waals surface area contributed by atoms with Crippen LogP contribution in [0, 0.1) is 12.8 Å². The van der Waals surface area contributed by atoms with Gasteiger partial charge in [0.05, 0.1) is 18.4 Å². The molecule has 0 bridgehead atoms. The van der Waals surface area contributed by atoms with E-state index in [1.54, 1.807) is 6.21 Å². The number of hydrazone groups is 1. The van der Waals surface area contributed by atoms with Gasteiger partial charge >= 0.3 is 0 Å². The van der Waals surface area contributed by atoms with E-state index in [1.807, 2.05) is 67.6 Å². The second-order valence-electron chi connectivity index (χ2n) is 6.92. The van der Waals surface area contributed by atoms with Crippen LogP contribution in [0.3, 0.4) is 0 Å². The van der Waals surface area contributed by atoms with Crippen molar-refractivity contribution in [3.05, 3.63) is 77.4 Å². The molecule has 0 heterocycles. The van der Waals surface area contributed by atoms with Crippen LogP contribution in [0.25, 0.3) is 10.8 Å². The predicted molar refractivity (Wildman–Crippen MR) is 111 cm³/mol. The minimum absolute atomic E-state index is 0.221. The number of fused-ring (bicyclic) bond motifs is 1. The molecule has 0 aromatic heterocycles. The SMILES string of the molecule is Cc1ccc2ccccc2c1C(=O)N/N=C\c1ccccc1OCC(C)C. The Balaban J connectivity index is 1.78. The molecule has 138 valence electrons. The molecule has 4 heteroatoms. The molecule has 4 nitrogen and oxygen atoms in total. The van der Waals surface area contributed by atoms with E-state index in [0.29, 0.717) is 18.1 Å². The number of amides is 1. The highest BCUT2D eigenvalue weighted by Crippen LogP contribution is 2.22. The number of para-hydroxylation sites is 1. The maximum Gasteiger partial charge on any atom is 0.272 e. The Kier molecular flexibility index (Phi) is 5.87. The van der Waals surface area contributed by atoms with E-state index < -0.39 is 0 Å². The summed E-state index contributed by atoms with van der Waals surface area (Å²) in [5.41, 5.74) is 5.04. The summed E-state index contributed by atoms with van der Waals surface area (Å²) in [6.07, 6.45) is 1.62. The predicted octanol–water partition coefficient (Wildman–Crippen LogP) is 4.95. The summed E-state index contributed by atoms with van der Waals surface area (Å²) in [6, 6.07) is 19.5. The number of aryl methyl sites for hydroxylation is 1. The number of nitrogens with zero attached hydrogens (tertiary/aromatic N) is 1. The van der Waals surface area contributed by atoms with Crippen LogP contribution in [0.15, 0.2) is 65.8 Å². The van der Waals surface area contributed by atoms with Gasteiger partial charge in [0.25, 0.3) is 5.91 Å². The van der Waals surface area contributed by atoms with Crippen LogP contribution < -0.4 is 10.2 Å². The molecule has 0 saturated heterocycles. The lowest BCUT2D eigenvalue weighted by atomic mass is 9.99. The number of carbonyl (C=O) groups excluding carboxylic acids is 1. The lowest BCUT2D eigenvalue weighted by Gasteiger charge is -2.11. The van der Waals surface area contributed by atoms with Crippen molar-refractivity contribution >= 4 is 22.9 Å². The van der Waals surface area contributed by atoms with Gasteiger partial charge in [0.2, 0.25) is 0 Å². The molecule has 0 spiro atoms. The van der Waals surface area contributed by atoms with Gasteiger partial charge < -0.3 is 4.74 Å². The first-order valence-corrected chi connectivity index (χ1v) is 9.10. The zero-order valence-corrected chi connectivity index (χ0v) is 15.9. The van der Waals surface area contributed by atoms with Crippen LogP contribution in [0.2, 0.25) is 0 Å². The Morgan fingerprint density at radius 3 is 2.63 bits per heavy atom. The number of rotatable bonds is 6. The topological polar surface area (TPSA) is 50.7 Å². The van der Waals surface area contributed by atoms with Gasteiger partial charge in [-0.15, -0.1) is 0 Å². The van der Waals surface area contributed by atoms with Gasteiger partial charge in [-0.05, 0) is 41.3 Å². The number of hydrogen-bond donors (Lipinski definition) is 1. The molecule has 0 aliphatic heterocycles. The smallest absolute Gasteiger partial charge is 0.272 e. The van der Waals surface area contributed by atoms with Crippen molar-refractivity contribution in [1.29, 1.82) is 0 Å². The molecule has 3 aromatic carbocycles. The number of hydrogen-bond acceptors (Lipinski definition) is 3. The highest BCUT2D eigenvalue weighted by Gasteiger charge is 2.12. The Morgan fingerprint density at radius 2 is 1.81 bits per heavy atom. The molecule has 3 rings (SSSR count). The zero-order valence-electron chi connectivity index (χ0n) is 15.9. The number of ether oxygens (including phenoxy) is 1. The first-order valence-electron chi connectivity index (χ1n) is 9.10. The van der Waals surface area contributed by atoms with Crippen LogP contribution in [-0.4, -0.2) is 18.7 Å². The summed E-state index contributed by atoms with van der Waals surface area (Å²) in [5.74, 6) is 0.968. The monoisotopic (exact) mass is 360 g/mol. The summed E-state index contributed by atoms with van der Waals surface area (Å²) in [5, 5.41) is 6.10. The van der Waals surface area contributed by atoms with E-state index in [1.165, 1.54) is 0 Å². The van der Waals surface area contributed by atoms with Crippen LogP contribution in [0.4, 0.5) is 0 Å². The van der Waals surface area contributed by atoms with Gasteiger partial charge in [-0.25, -0.2) is 5.43 Å². The van der Waals surface area contributed by atoms with Crippen molar-refractivity contribution < 1.29 is 9.53 Å². The summed E-state index contributed by atoms with van der Waals surface area (Å²) in [4.78, 5) is 12.7. The van der Waals surface area contributed by atoms with Crippen molar-refractivity contribution in [3.8, 4) is 5.75 Å². The van der Waals surface area contributed by atoms with E-state index in [9.17, 15) is 4.79 Å². The van der Waals surface area contributed by atoms with Gasteiger partial charge in [0, 0.05) is 5.56 Å². The van der Waals surface area contributed by atoms with E-state index in [4.69, 9.17) is 4.74 Å². The van der Waals surface area contributed by atoms with Gasteiger partial charge in [0.1, 0.15) is 5.75 Å². The average Bonchev–Trinajstić information content (AvgIpc) is 2.67. The third kappa shape index (κ3) is 4.53. The number of nitrogens with one attached hydrogen (secondary N) is 1. The highest BCUT2D eigenvalue weighted by molar-refractivity contribution is 6.08. The summed E-state index contributed by atoms with van der Waals surface area (Å²) >= 11 is 0. The second kappa shape index (κ2) is 8.49. The quantitative estimate of drug-likeness (QED) is 0.500. The fraction of sp³-hybridized carbons (Fsp3) is 0.217. The molecule has 1 N–H and O–H groups in total. The lowest BCUT2D eigenvalue weighted by molar-refractivity contribution is 0.0956. The summed E-state index contributed by atoms with van der Waals surface area (Å²) in [6.45, 7) is 6.76. The van der Waals surface area contributed by atoms with E-state index in [2.05, 4.69) is 24.4 Å². The fourth-order valence-electron chi connectivity index (χ4n) is 2.87. The molecular weight excluding hydrogens is 336 g/mol. The average molecular weight is 360 g/mol. The molecule has 1 amide bonds. The van der Waals surface area contributed by atoms with E-state index >= 15 is 0 Å². The zero-order chi connectivity index (χ0) is 19.2. The second-order valence-corrected chi connectivity index (χ2v) is 6.92. The third-order valence-electron chi connectivity index (χ3n) is 4.23. The van der Waals surface area contributed by atoms with Crippen LogP contribution in [-0.2, 0) is 0 Å². The number of carbonyl (C=O) groups is 1. The van der Waals surface area contributed by atoms with Gasteiger partial charge in [-0.1, -0.05) is 62.4 Å². The van der Waals surface area contributed by atoms with Gasteiger partial charge in [-0.3, -0.25) is 4.79 Å². The largest absolute Gasteiger partial charge is 0.493 e. The Labute approximate surface area is 159 Å². The molecule has 27 heavy (non-hydrogen) atoms. The van der Waals surface area contributed by atoms with Crippen LogP contribution >= 0.6 is 0 Å². The molecule has 0 aliphatic carbocycles. The lowest BCUT2D eigenvalue weighted by Crippen LogP contribution is -2.19. The van der Waals surface area contributed by atoms with Gasteiger partial charge in [0.15, 0.2) is 0 Å². The molecular formula is C23H24N2O2. The summed E-state index contributed by atoms with van der Waals surface area (Å²) in [7, 11) is 0. The Bertz CT molecular complexity index is 977. The van der Waals surface area contributed by atoms with Crippen LogP contribution in [0.1, 0.15) is 35.3 Å². The Hall–Kier alpha value is -3.14. The highest BCUT2D eigenvalue weighted by atomic mass is 16.5. The molecule has 0 atom stereocenters. The summed E-state index contributed by atoms with van der Waals surface area (Å²) < 4.78 is 5.81. The number of benzene rings is 3. The molecule has 3 aromatic rings. The molecule has 0 fully saturated rings. The van der Waals surface area contributed by atoms with Crippen molar-refractivity contribution in [2.75, 3.05) is 6.61 Å². The maximum atomic E-state index is 12.7. The first kappa shape index (κ1) is 18.6. The first-order chi connectivity index (χ1) is 13.1. The van der Waals surface area contributed by atoms with E-state index in [0.717, 1.165) is 27.6 Å². The third-order valence-corrected chi connectivity index (χ3v) is 4.23.